The molecule has 0 radical (unpaired) electrons. The molecule has 138 valence electrons. The highest BCUT2D eigenvalue weighted by atomic mass is 16.5. The van der Waals surface area contributed by atoms with E-state index in [2.05, 4.69) is 10.3 Å². The van der Waals surface area contributed by atoms with Gasteiger partial charge in [-0.2, -0.15) is 0 Å². The first kappa shape index (κ1) is 18.4. The van der Waals surface area contributed by atoms with E-state index >= 15 is 0 Å². The lowest BCUT2D eigenvalue weighted by Crippen LogP contribution is -2.29. The van der Waals surface area contributed by atoms with Crippen LogP contribution in [0.3, 0.4) is 0 Å². The molecule has 0 aliphatic rings. The molecule has 0 atom stereocenters. The van der Waals surface area contributed by atoms with Crippen molar-refractivity contribution in [2.45, 2.75) is 20.4 Å². The smallest absolute Gasteiger partial charge is 0.254 e. The lowest BCUT2D eigenvalue weighted by molar-refractivity contribution is -0.116. The molecule has 0 saturated heterocycles. The van der Waals surface area contributed by atoms with Crippen molar-refractivity contribution in [3.05, 3.63) is 76.2 Å². The van der Waals surface area contributed by atoms with E-state index in [1.54, 1.807) is 26.2 Å². The van der Waals surface area contributed by atoms with Crippen molar-refractivity contribution in [1.29, 1.82) is 0 Å². The number of nitrogens with zero attached hydrogens (tertiary/aromatic N) is 2. The van der Waals surface area contributed by atoms with Gasteiger partial charge in [0, 0.05) is 23.0 Å². The third-order valence-corrected chi connectivity index (χ3v) is 4.21. The van der Waals surface area contributed by atoms with Crippen LogP contribution in [0.25, 0.3) is 11.4 Å². The molecular weight excluding hydrogens is 342 g/mol. The Morgan fingerprint density at radius 1 is 1.11 bits per heavy atom. The van der Waals surface area contributed by atoms with Gasteiger partial charge in [-0.3, -0.25) is 14.2 Å². The number of aryl methyl sites for hydroxylation is 2. The van der Waals surface area contributed by atoms with Gasteiger partial charge in [-0.1, -0.05) is 18.2 Å². The Kier molecular flexibility index (Phi) is 5.35. The van der Waals surface area contributed by atoms with E-state index in [4.69, 9.17) is 4.74 Å². The summed E-state index contributed by atoms with van der Waals surface area (Å²) < 4.78 is 6.55. The fourth-order valence-corrected chi connectivity index (χ4v) is 2.78. The maximum absolute atomic E-state index is 12.5. The lowest BCUT2D eigenvalue weighted by Gasteiger charge is -2.14. The molecule has 0 unspecified atom stereocenters. The molecule has 0 fully saturated rings. The first-order chi connectivity index (χ1) is 13.0. The topological polar surface area (TPSA) is 73.2 Å². The molecule has 1 aromatic heterocycles. The SMILES string of the molecule is COc1ccc(-c2nc(C)cc(=O)n2CC(=O)Nc2ccccc2C)cc1. The van der Waals surface area contributed by atoms with E-state index in [1.807, 2.05) is 43.3 Å². The number of para-hydroxylation sites is 1. The van der Waals surface area contributed by atoms with Crippen LogP contribution in [0.4, 0.5) is 5.69 Å². The van der Waals surface area contributed by atoms with Gasteiger partial charge in [-0.25, -0.2) is 4.98 Å². The van der Waals surface area contributed by atoms with Crippen LogP contribution < -0.4 is 15.6 Å². The predicted octanol–water partition coefficient (Wildman–Crippen LogP) is 3.17. The van der Waals surface area contributed by atoms with Crippen LogP contribution in [0, 0.1) is 13.8 Å². The maximum Gasteiger partial charge on any atom is 0.254 e. The van der Waals surface area contributed by atoms with Gasteiger partial charge in [-0.15, -0.1) is 0 Å². The third kappa shape index (κ3) is 4.23. The molecule has 2 aromatic carbocycles. The Labute approximate surface area is 157 Å². The van der Waals surface area contributed by atoms with Gasteiger partial charge >= 0.3 is 0 Å². The summed E-state index contributed by atoms with van der Waals surface area (Å²) in [4.78, 5) is 29.5. The highest BCUT2D eigenvalue weighted by molar-refractivity contribution is 5.91. The summed E-state index contributed by atoms with van der Waals surface area (Å²) in [5.41, 5.74) is 2.74. The Balaban J connectivity index is 1.93. The number of nitrogens with one attached hydrogen (secondary N) is 1. The van der Waals surface area contributed by atoms with Crippen LogP contribution in [0.5, 0.6) is 5.75 Å². The molecule has 1 N–H and O–H groups in total. The minimum atomic E-state index is -0.285. The predicted molar refractivity (Wildman–Crippen MR) is 105 cm³/mol. The molecule has 0 bridgehead atoms. The standard InChI is InChI=1S/C21H21N3O3/c1-14-6-4-5-7-18(14)23-19(25)13-24-20(26)12-15(2)22-21(24)16-8-10-17(27-3)11-9-16/h4-12H,13H2,1-3H3,(H,23,25). The lowest BCUT2D eigenvalue weighted by atomic mass is 10.2. The Morgan fingerprint density at radius 3 is 2.48 bits per heavy atom. The van der Waals surface area contributed by atoms with Crippen molar-refractivity contribution in [3.63, 3.8) is 0 Å². The Bertz CT molecular complexity index is 1020. The molecule has 27 heavy (non-hydrogen) atoms. The van der Waals surface area contributed by atoms with Crippen molar-refractivity contribution in [2.75, 3.05) is 12.4 Å². The first-order valence-corrected chi connectivity index (χ1v) is 8.56. The van der Waals surface area contributed by atoms with Crippen molar-refractivity contribution >= 4 is 11.6 Å². The Morgan fingerprint density at radius 2 is 1.81 bits per heavy atom. The average molecular weight is 363 g/mol. The fourth-order valence-electron chi connectivity index (χ4n) is 2.78. The number of methoxy groups -OCH3 is 1. The van der Waals surface area contributed by atoms with E-state index in [-0.39, 0.29) is 18.0 Å². The molecule has 3 aromatic rings. The number of hydrogen-bond acceptors (Lipinski definition) is 4. The zero-order valence-electron chi connectivity index (χ0n) is 15.5. The van der Waals surface area contributed by atoms with Crippen LogP contribution in [0.2, 0.25) is 0 Å². The van der Waals surface area contributed by atoms with Crippen LogP contribution in [-0.4, -0.2) is 22.6 Å². The van der Waals surface area contributed by atoms with E-state index in [1.165, 1.54) is 10.6 Å². The number of anilines is 1. The highest BCUT2D eigenvalue weighted by Gasteiger charge is 2.14. The quantitative estimate of drug-likeness (QED) is 0.756. The molecule has 1 amide bonds. The van der Waals surface area contributed by atoms with E-state index in [9.17, 15) is 9.59 Å². The minimum absolute atomic E-state index is 0.123. The van der Waals surface area contributed by atoms with Crippen molar-refractivity contribution in [1.82, 2.24) is 9.55 Å². The molecule has 0 aliphatic heterocycles. The summed E-state index contributed by atoms with van der Waals surface area (Å²) in [6.07, 6.45) is 0. The summed E-state index contributed by atoms with van der Waals surface area (Å²) in [5, 5.41) is 2.85. The molecule has 3 rings (SSSR count). The van der Waals surface area contributed by atoms with Gasteiger partial charge in [0.2, 0.25) is 5.91 Å². The van der Waals surface area contributed by atoms with Crippen molar-refractivity contribution in [2.24, 2.45) is 0 Å². The van der Waals surface area contributed by atoms with E-state index in [0.717, 1.165) is 16.8 Å². The van der Waals surface area contributed by atoms with Crippen LogP contribution in [0.1, 0.15) is 11.3 Å². The number of carbonyl (C=O) groups excluding carboxylic acids is 1. The number of hydrogen-bond donors (Lipinski definition) is 1. The molecule has 6 heteroatoms. The summed E-state index contributed by atoms with van der Waals surface area (Å²) in [6, 6.07) is 16.1. The van der Waals surface area contributed by atoms with E-state index < -0.39 is 0 Å². The monoisotopic (exact) mass is 363 g/mol. The van der Waals surface area contributed by atoms with Gasteiger partial charge in [-0.05, 0) is 49.7 Å². The number of aromatic nitrogens is 2. The van der Waals surface area contributed by atoms with E-state index in [0.29, 0.717) is 17.3 Å². The highest BCUT2D eigenvalue weighted by Crippen LogP contribution is 2.20. The van der Waals surface area contributed by atoms with Gasteiger partial charge in [0.25, 0.3) is 5.56 Å². The molecule has 6 nitrogen and oxygen atoms in total. The normalized spacial score (nSPS) is 10.5. The van der Waals surface area contributed by atoms with Gasteiger partial charge in [0.05, 0.1) is 7.11 Å². The fraction of sp³-hybridized carbons (Fsp3) is 0.190. The summed E-state index contributed by atoms with van der Waals surface area (Å²) in [5.74, 6) is 0.868. The molecule has 0 saturated carbocycles. The second-order valence-electron chi connectivity index (χ2n) is 6.24. The molecule has 0 spiro atoms. The van der Waals surface area contributed by atoms with Crippen molar-refractivity contribution < 1.29 is 9.53 Å². The van der Waals surface area contributed by atoms with Crippen LogP contribution in [-0.2, 0) is 11.3 Å². The number of amides is 1. The molecular formula is C21H21N3O3. The second-order valence-corrected chi connectivity index (χ2v) is 6.24. The molecule has 1 heterocycles. The Hall–Kier alpha value is -3.41. The minimum Gasteiger partial charge on any atom is -0.497 e. The average Bonchev–Trinajstić information content (AvgIpc) is 2.66. The molecule has 0 aliphatic carbocycles. The number of ether oxygens (including phenoxy) is 1. The van der Waals surface area contributed by atoms with Crippen LogP contribution >= 0.6 is 0 Å². The zero-order chi connectivity index (χ0) is 19.4. The van der Waals surface area contributed by atoms with Gasteiger partial charge in [0.1, 0.15) is 18.1 Å². The van der Waals surface area contributed by atoms with Gasteiger partial charge < -0.3 is 10.1 Å². The van der Waals surface area contributed by atoms with Crippen molar-refractivity contribution in [3.8, 4) is 17.1 Å². The first-order valence-electron chi connectivity index (χ1n) is 8.56. The third-order valence-electron chi connectivity index (χ3n) is 4.21. The maximum atomic E-state index is 12.5. The zero-order valence-corrected chi connectivity index (χ0v) is 15.5. The summed E-state index contributed by atoms with van der Waals surface area (Å²) >= 11 is 0. The van der Waals surface area contributed by atoms with Crippen LogP contribution in [0.15, 0.2) is 59.4 Å². The van der Waals surface area contributed by atoms with Gasteiger partial charge in [0.15, 0.2) is 0 Å². The number of carbonyl (C=O) groups is 1. The summed E-state index contributed by atoms with van der Waals surface area (Å²) in [6.45, 7) is 3.55. The second kappa shape index (κ2) is 7.86. The largest absolute Gasteiger partial charge is 0.497 e. The number of benzene rings is 2. The summed E-state index contributed by atoms with van der Waals surface area (Å²) in [7, 11) is 1.59. The number of rotatable bonds is 5.